The van der Waals surface area contributed by atoms with E-state index in [1.165, 1.54) is 16.8 Å². The zero-order chi connectivity index (χ0) is 18.8. The molecule has 0 saturated carbocycles. The van der Waals surface area contributed by atoms with Crippen molar-refractivity contribution in [1.82, 2.24) is 9.47 Å². The van der Waals surface area contributed by atoms with Gasteiger partial charge in [-0.05, 0) is 53.3 Å². The molecule has 0 fully saturated rings. The van der Waals surface area contributed by atoms with Gasteiger partial charge in [0.15, 0.2) is 0 Å². The molecule has 140 valence electrons. The highest BCUT2D eigenvalue weighted by Crippen LogP contribution is 2.33. The summed E-state index contributed by atoms with van der Waals surface area (Å²) in [5.41, 5.74) is 5.18. The first-order valence-corrected chi connectivity index (χ1v) is 9.85. The van der Waals surface area contributed by atoms with E-state index >= 15 is 0 Å². The Hall–Kier alpha value is -2.39. The monoisotopic (exact) mass is 362 g/mol. The second-order valence-corrected chi connectivity index (χ2v) is 7.80. The average molecular weight is 362 g/mol. The number of hydrogen-bond acceptors (Lipinski definition) is 1. The largest absolute Gasteiger partial charge is 0.350 e. The third kappa shape index (κ3) is 3.84. The highest BCUT2D eigenvalue weighted by molar-refractivity contribution is 5.33. The average Bonchev–Trinajstić information content (AvgIpc) is 3.05. The van der Waals surface area contributed by atoms with Gasteiger partial charge in [-0.25, -0.2) is 4.39 Å². The van der Waals surface area contributed by atoms with E-state index in [1.807, 2.05) is 12.1 Å². The molecule has 0 spiro atoms. The molecule has 3 heteroatoms. The maximum absolute atomic E-state index is 13.3. The number of aryl methyl sites for hydroxylation is 1. The summed E-state index contributed by atoms with van der Waals surface area (Å²) in [4.78, 5) is 2.52. The van der Waals surface area contributed by atoms with Crippen LogP contribution in [0.2, 0.25) is 0 Å². The lowest BCUT2D eigenvalue weighted by Gasteiger charge is -2.31. The summed E-state index contributed by atoms with van der Waals surface area (Å²) in [5.74, 6) is 0.358. The van der Waals surface area contributed by atoms with Crippen LogP contribution in [0.3, 0.4) is 0 Å². The summed E-state index contributed by atoms with van der Waals surface area (Å²) in [5, 5.41) is 0. The summed E-state index contributed by atoms with van der Waals surface area (Å²) >= 11 is 0. The molecule has 2 aromatic carbocycles. The van der Waals surface area contributed by atoms with E-state index in [-0.39, 0.29) is 11.9 Å². The van der Waals surface area contributed by atoms with Crippen LogP contribution in [0.1, 0.15) is 54.6 Å². The molecule has 1 atom stereocenters. The molecular weight excluding hydrogens is 335 g/mol. The van der Waals surface area contributed by atoms with Crippen molar-refractivity contribution in [2.75, 3.05) is 6.54 Å². The van der Waals surface area contributed by atoms with Crippen LogP contribution in [0, 0.1) is 5.82 Å². The van der Waals surface area contributed by atoms with Gasteiger partial charge < -0.3 is 4.57 Å². The summed E-state index contributed by atoms with van der Waals surface area (Å²) in [6.07, 6.45) is 3.30. The van der Waals surface area contributed by atoms with Crippen LogP contribution in [0.25, 0.3) is 0 Å². The molecule has 3 aromatic rings. The van der Waals surface area contributed by atoms with Gasteiger partial charge >= 0.3 is 0 Å². The van der Waals surface area contributed by atoms with Gasteiger partial charge in [0.25, 0.3) is 0 Å². The molecular formula is C24H27FN2. The molecule has 1 aliphatic rings. The Morgan fingerprint density at radius 2 is 1.70 bits per heavy atom. The lowest BCUT2D eigenvalue weighted by atomic mass is 9.96. The topological polar surface area (TPSA) is 8.17 Å². The summed E-state index contributed by atoms with van der Waals surface area (Å²) in [7, 11) is 0. The van der Waals surface area contributed by atoms with Crippen molar-refractivity contribution in [2.24, 2.45) is 0 Å². The Kier molecular flexibility index (Phi) is 5.13. The van der Waals surface area contributed by atoms with Crippen LogP contribution < -0.4 is 0 Å². The van der Waals surface area contributed by atoms with E-state index in [0.29, 0.717) is 5.92 Å². The Morgan fingerprint density at radius 1 is 0.963 bits per heavy atom. The molecule has 0 aliphatic carbocycles. The van der Waals surface area contributed by atoms with Crippen molar-refractivity contribution in [3.63, 3.8) is 0 Å². The van der Waals surface area contributed by atoms with Crippen molar-refractivity contribution in [3.8, 4) is 0 Å². The molecule has 0 saturated heterocycles. The molecule has 4 rings (SSSR count). The van der Waals surface area contributed by atoms with Crippen molar-refractivity contribution < 1.29 is 4.39 Å². The van der Waals surface area contributed by atoms with Gasteiger partial charge in [-0.3, -0.25) is 4.90 Å². The van der Waals surface area contributed by atoms with Crippen LogP contribution in [-0.2, 0) is 13.1 Å². The Balaban J connectivity index is 1.70. The minimum absolute atomic E-state index is 0.177. The fourth-order valence-corrected chi connectivity index (χ4v) is 4.08. The number of hydrogen-bond donors (Lipinski definition) is 0. The molecule has 0 unspecified atom stereocenters. The predicted octanol–water partition coefficient (Wildman–Crippen LogP) is 5.75. The normalized spacial score (nSPS) is 17.7. The molecule has 27 heavy (non-hydrogen) atoms. The number of aromatic nitrogens is 1. The van der Waals surface area contributed by atoms with E-state index in [2.05, 4.69) is 65.9 Å². The Morgan fingerprint density at radius 3 is 2.41 bits per heavy atom. The lowest BCUT2D eigenvalue weighted by molar-refractivity contribution is 0.220. The summed E-state index contributed by atoms with van der Waals surface area (Å²) < 4.78 is 15.7. The first-order valence-electron chi connectivity index (χ1n) is 9.85. The molecule has 1 aromatic heterocycles. The smallest absolute Gasteiger partial charge is 0.123 e. The molecule has 1 aliphatic heterocycles. The van der Waals surface area contributed by atoms with Crippen molar-refractivity contribution in [1.29, 1.82) is 0 Å². The van der Waals surface area contributed by atoms with Gasteiger partial charge in [0.2, 0.25) is 0 Å². The predicted molar refractivity (Wildman–Crippen MR) is 108 cm³/mol. The van der Waals surface area contributed by atoms with Gasteiger partial charge in [-0.15, -0.1) is 0 Å². The molecule has 2 heterocycles. The van der Waals surface area contributed by atoms with Gasteiger partial charge in [-0.2, -0.15) is 0 Å². The summed E-state index contributed by atoms with van der Waals surface area (Å²) in [6, 6.07) is 20.6. The second-order valence-electron chi connectivity index (χ2n) is 7.80. The van der Waals surface area contributed by atoms with Crippen LogP contribution in [0.15, 0.2) is 66.9 Å². The fourth-order valence-electron chi connectivity index (χ4n) is 4.08. The van der Waals surface area contributed by atoms with E-state index in [4.69, 9.17) is 0 Å². The van der Waals surface area contributed by atoms with Crippen LogP contribution >= 0.6 is 0 Å². The maximum Gasteiger partial charge on any atom is 0.123 e. The lowest BCUT2D eigenvalue weighted by Crippen LogP contribution is -2.29. The van der Waals surface area contributed by atoms with E-state index in [0.717, 1.165) is 31.6 Å². The minimum atomic E-state index is -0.177. The van der Waals surface area contributed by atoms with Gasteiger partial charge in [0.1, 0.15) is 5.82 Å². The third-order valence-electron chi connectivity index (χ3n) is 5.57. The second kappa shape index (κ2) is 7.69. The van der Waals surface area contributed by atoms with Gasteiger partial charge in [0.05, 0.1) is 6.04 Å². The van der Waals surface area contributed by atoms with E-state index < -0.39 is 0 Å². The summed E-state index contributed by atoms with van der Waals surface area (Å²) in [6.45, 7) is 7.35. The Labute approximate surface area is 161 Å². The first-order chi connectivity index (χ1) is 13.1. The van der Waals surface area contributed by atoms with E-state index in [9.17, 15) is 4.39 Å². The van der Waals surface area contributed by atoms with Crippen LogP contribution in [-0.4, -0.2) is 16.0 Å². The van der Waals surface area contributed by atoms with Gasteiger partial charge in [0, 0.05) is 31.5 Å². The van der Waals surface area contributed by atoms with Gasteiger partial charge in [-0.1, -0.05) is 50.2 Å². The number of halogens is 1. The SMILES string of the molecule is CC(C)c1ccc([C@@H]2c3cccn3CCCN2Cc2ccc(F)cc2)cc1. The Bertz CT molecular complexity index is 878. The van der Waals surface area contributed by atoms with Crippen LogP contribution in [0.5, 0.6) is 0 Å². The third-order valence-corrected chi connectivity index (χ3v) is 5.57. The first kappa shape index (κ1) is 18.0. The molecule has 0 bridgehead atoms. The molecule has 0 amide bonds. The number of fused-ring (bicyclic) bond motifs is 1. The highest BCUT2D eigenvalue weighted by atomic mass is 19.1. The van der Waals surface area contributed by atoms with E-state index in [1.54, 1.807) is 12.1 Å². The van der Waals surface area contributed by atoms with Crippen molar-refractivity contribution >= 4 is 0 Å². The number of rotatable bonds is 4. The maximum atomic E-state index is 13.3. The number of benzene rings is 2. The molecule has 0 N–H and O–H groups in total. The minimum Gasteiger partial charge on any atom is -0.350 e. The highest BCUT2D eigenvalue weighted by Gasteiger charge is 2.27. The van der Waals surface area contributed by atoms with Crippen molar-refractivity contribution in [3.05, 3.63) is 95.1 Å². The fraction of sp³-hybridized carbons (Fsp3) is 0.333. The number of nitrogens with zero attached hydrogens (tertiary/aromatic N) is 2. The zero-order valence-electron chi connectivity index (χ0n) is 16.1. The molecule has 0 radical (unpaired) electrons. The molecule has 2 nitrogen and oxygen atoms in total. The van der Waals surface area contributed by atoms with Crippen LogP contribution in [0.4, 0.5) is 4.39 Å². The zero-order valence-corrected chi connectivity index (χ0v) is 16.1. The quantitative estimate of drug-likeness (QED) is 0.574. The standard InChI is InChI=1S/C24H27FN2/c1-18(2)20-8-10-21(11-9-20)24-23-5-3-14-26(23)15-4-16-27(24)17-19-6-12-22(25)13-7-19/h3,5-14,18,24H,4,15-17H2,1-2H3/t24-/m1/s1. The van der Waals surface area contributed by atoms with Crippen molar-refractivity contribution in [2.45, 2.75) is 45.3 Å².